The van der Waals surface area contributed by atoms with Crippen LogP contribution in [0.1, 0.15) is 22.7 Å². The Morgan fingerprint density at radius 1 is 1.00 bits per heavy atom. The van der Waals surface area contributed by atoms with E-state index >= 15 is 0 Å². The molecule has 1 atom stereocenters. The number of nitrogens with zero attached hydrogens (tertiary/aromatic N) is 3. The van der Waals surface area contributed by atoms with Crippen molar-refractivity contribution in [3.8, 4) is 0 Å². The SMILES string of the molecule is O=C1C(=O)N(c2nnc(SCc3ccccc3Cl)s2)C(c2ccc(Cl)cc2Cl)/C1=C(/O)c1ccc(Br)cc1. The first-order valence-electron chi connectivity index (χ1n) is 11.0. The fourth-order valence-electron chi connectivity index (χ4n) is 3.92. The van der Waals surface area contributed by atoms with E-state index in [9.17, 15) is 14.7 Å². The molecule has 12 heteroatoms. The lowest BCUT2D eigenvalue weighted by molar-refractivity contribution is -0.132. The number of carbonyl (C=O) groups excluding carboxylic acids is 2. The lowest BCUT2D eigenvalue weighted by atomic mass is 9.95. The smallest absolute Gasteiger partial charge is 0.301 e. The molecule has 1 fully saturated rings. The largest absolute Gasteiger partial charge is 0.507 e. The average molecular weight is 668 g/mol. The van der Waals surface area contributed by atoms with Crippen molar-refractivity contribution in [2.75, 3.05) is 4.90 Å². The van der Waals surface area contributed by atoms with Gasteiger partial charge in [0, 0.05) is 30.9 Å². The van der Waals surface area contributed by atoms with Gasteiger partial charge >= 0.3 is 5.91 Å². The van der Waals surface area contributed by atoms with E-state index < -0.39 is 17.7 Å². The molecule has 4 aromatic rings. The number of ketones is 1. The number of Topliss-reactive ketones (excluding diaryl/α,β-unsaturated/α-hetero) is 1. The van der Waals surface area contributed by atoms with Crippen LogP contribution in [-0.4, -0.2) is 27.0 Å². The highest BCUT2D eigenvalue weighted by Gasteiger charge is 2.49. The molecule has 5 rings (SSSR count). The molecule has 0 radical (unpaired) electrons. The molecule has 38 heavy (non-hydrogen) atoms. The minimum absolute atomic E-state index is 0.109. The van der Waals surface area contributed by atoms with E-state index in [1.54, 1.807) is 36.4 Å². The average Bonchev–Trinajstić information content (AvgIpc) is 3.46. The summed E-state index contributed by atoms with van der Waals surface area (Å²) in [5, 5.41) is 21.1. The van der Waals surface area contributed by atoms with Gasteiger partial charge in [0.25, 0.3) is 5.78 Å². The van der Waals surface area contributed by atoms with E-state index in [-0.39, 0.29) is 21.5 Å². The molecule has 1 aliphatic heterocycles. The number of aliphatic hydroxyl groups excluding tert-OH is 1. The van der Waals surface area contributed by atoms with Gasteiger partial charge in [-0.1, -0.05) is 110 Å². The maximum atomic E-state index is 13.4. The van der Waals surface area contributed by atoms with Crippen molar-refractivity contribution < 1.29 is 14.7 Å². The standard InChI is InChI=1S/C26H15BrCl3N3O3S2/c27-15-7-5-13(6-8-15)22(34)20-21(17-10-9-16(28)11-19(17)30)33(24(36)23(20)35)25-31-32-26(38-25)37-12-14-3-1-2-4-18(14)29/h1-11,21,34H,12H2/b22-20-. The molecule has 1 unspecified atom stereocenters. The lowest BCUT2D eigenvalue weighted by Crippen LogP contribution is -2.29. The molecule has 192 valence electrons. The van der Waals surface area contributed by atoms with Crippen LogP contribution in [0, 0.1) is 0 Å². The number of amides is 1. The van der Waals surface area contributed by atoms with Gasteiger partial charge in [-0.05, 0) is 41.5 Å². The first kappa shape index (κ1) is 27.2. The zero-order valence-corrected chi connectivity index (χ0v) is 24.6. The van der Waals surface area contributed by atoms with Gasteiger partial charge in [0.05, 0.1) is 11.6 Å². The molecule has 0 spiro atoms. The topological polar surface area (TPSA) is 83.4 Å². The third-order valence-corrected chi connectivity index (χ3v) is 9.29. The van der Waals surface area contributed by atoms with Crippen LogP contribution in [-0.2, 0) is 15.3 Å². The van der Waals surface area contributed by atoms with Crippen LogP contribution in [0.2, 0.25) is 15.1 Å². The molecule has 0 saturated carbocycles. The number of halogens is 4. The van der Waals surface area contributed by atoms with Crippen LogP contribution in [0.25, 0.3) is 5.76 Å². The molecule has 6 nitrogen and oxygen atoms in total. The molecule has 1 aromatic heterocycles. The van der Waals surface area contributed by atoms with Gasteiger partial charge in [0.15, 0.2) is 4.34 Å². The second-order valence-corrected chi connectivity index (χ2v) is 12.4. The first-order valence-corrected chi connectivity index (χ1v) is 14.7. The normalized spacial score (nSPS) is 16.8. The van der Waals surface area contributed by atoms with Gasteiger partial charge in [0.2, 0.25) is 5.13 Å². The van der Waals surface area contributed by atoms with Crippen LogP contribution in [0.3, 0.4) is 0 Å². The van der Waals surface area contributed by atoms with Gasteiger partial charge in [-0.3, -0.25) is 14.5 Å². The molecule has 1 saturated heterocycles. The Kier molecular flexibility index (Phi) is 8.14. The maximum Gasteiger partial charge on any atom is 0.301 e. The van der Waals surface area contributed by atoms with Gasteiger partial charge < -0.3 is 5.11 Å². The summed E-state index contributed by atoms with van der Waals surface area (Å²) in [4.78, 5) is 27.9. The summed E-state index contributed by atoms with van der Waals surface area (Å²) in [6.07, 6.45) is 0. The Hall–Kier alpha value is -2.40. The Morgan fingerprint density at radius 2 is 1.74 bits per heavy atom. The molecule has 0 bridgehead atoms. The van der Waals surface area contributed by atoms with Gasteiger partial charge in [0.1, 0.15) is 5.76 Å². The number of anilines is 1. The second-order valence-electron chi connectivity index (χ2n) is 8.07. The van der Waals surface area contributed by atoms with Crippen LogP contribution in [0.15, 0.2) is 81.1 Å². The quantitative estimate of drug-likeness (QED) is 0.0735. The molecule has 1 N–H and O–H groups in total. The molecule has 0 aliphatic carbocycles. The number of rotatable bonds is 6. The Bertz CT molecular complexity index is 1590. The Balaban J connectivity index is 1.57. The van der Waals surface area contributed by atoms with Crippen LogP contribution in [0.5, 0.6) is 0 Å². The highest BCUT2D eigenvalue weighted by molar-refractivity contribution is 9.10. The minimum Gasteiger partial charge on any atom is -0.507 e. The van der Waals surface area contributed by atoms with Crippen LogP contribution < -0.4 is 4.90 Å². The number of aliphatic hydroxyl groups is 1. The van der Waals surface area contributed by atoms with Gasteiger partial charge in [-0.15, -0.1) is 10.2 Å². The van der Waals surface area contributed by atoms with E-state index in [0.29, 0.717) is 31.3 Å². The van der Waals surface area contributed by atoms with E-state index in [2.05, 4.69) is 26.1 Å². The molecule has 2 heterocycles. The molecule has 3 aromatic carbocycles. The predicted molar refractivity (Wildman–Crippen MR) is 156 cm³/mol. The highest BCUT2D eigenvalue weighted by atomic mass is 79.9. The fraction of sp³-hybridized carbons (Fsp3) is 0.0769. The Labute approximate surface area is 249 Å². The summed E-state index contributed by atoms with van der Waals surface area (Å²) in [7, 11) is 0. The molecular formula is C26H15BrCl3N3O3S2. The summed E-state index contributed by atoms with van der Waals surface area (Å²) < 4.78 is 1.37. The number of benzene rings is 3. The number of thioether (sulfide) groups is 1. The summed E-state index contributed by atoms with van der Waals surface area (Å²) in [5.41, 5.74) is 1.60. The van der Waals surface area contributed by atoms with Crippen molar-refractivity contribution in [2.45, 2.75) is 16.1 Å². The zero-order chi connectivity index (χ0) is 27.0. The fourth-order valence-corrected chi connectivity index (χ4v) is 6.85. The van der Waals surface area contributed by atoms with Crippen molar-refractivity contribution >= 4 is 96.4 Å². The van der Waals surface area contributed by atoms with E-state index in [4.69, 9.17) is 34.8 Å². The molecule has 1 aliphatic rings. The predicted octanol–water partition coefficient (Wildman–Crippen LogP) is 8.18. The number of carbonyl (C=O) groups is 2. The number of hydrogen-bond donors (Lipinski definition) is 1. The molecule has 1 amide bonds. The first-order chi connectivity index (χ1) is 18.2. The van der Waals surface area contributed by atoms with Gasteiger partial charge in [-0.25, -0.2) is 0 Å². The number of aromatic nitrogens is 2. The third kappa shape index (κ3) is 5.36. The minimum atomic E-state index is -1.04. The van der Waals surface area contributed by atoms with E-state index in [1.807, 2.05) is 24.3 Å². The highest BCUT2D eigenvalue weighted by Crippen LogP contribution is 2.46. The Morgan fingerprint density at radius 3 is 2.45 bits per heavy atom. The maximum absolute atomic E-state index is 13.4. The number of hydrogen-bond acceptors (Lipinski definition) is 7. The van der Waals surface area contributed by atoms with Crippen molar-refractivity contribution in [1.29, 1.82) is 0 Å². The summed E-state index contributed by atoms with van der Waals surface area (Å²) in [6, 6.07) is 17.9. The van der Waals surface area contributed by atoms with E-state index in [1.165, 1.54) is 22.7 Å². The monoisotopic (exact) mass is 665 g/mol. The summed E-state index contributed by atoms with van der Waals surface area (Å²) in [6.45, 7) is 0. The van der Waals surface area contributed by atoms with Crippen molar-refractivity contribution in [1.82, 2.24) is 10.2 Å². The van der Waals surface area contributed by atoms with Gasteiger partial charge in [-0.2, -0.15) is 0 Å². The van der Waals surface area contributed by atoms with Crippen LogP contribution in [0.4, 0.5) is 5.13 Å². The van der Waals surface area contributed by atoms with Crippen LogP contribution >= 0.6 is 73.8 Å². The summed E-state index contributed by atoms with van der Waals surface area (Å²) in [5.74, 6) is -1.49. The van der Waals surface area contributed by atoms with Crippen molar-refractivity contribution in [2.24, 2.45) is 0 Å². The van der Waals surface area contributed by atoms with Crippen molar-refractivity contribution in [3.63, 3.8) is 0 Å². The summed E-state index contributed by atoms with van der Waals surface area (Å²) >= 11 is 24.8. The lowest BCUT2D eigenvalue weighted by Gasteiger charge is -2.23. The second kappa shape index (κ2) is 11.4. The zero-order valence-electron chi connectivity index (χ0n) is 19.1. The third-order valence-electron chi connectivity index (χ3n) is 5.73. The van der Waals surface area contributed by atoms with E-state index in [0.717, 1.165) is 21.4 Å². The van der Waals surface area contributed by atoms with Crippen molar-refractivity contribution in [3.05, 3.63) is 109 Å². The molecular weight excluding hydrogens is 653 g/mol.